The van der Waals surface area contributed by atoms with Crippen molar-refractivity contribution in [3.63, 3.8) is 0 Å². The first kappa shape index (κ1) is 15.4. The highest BCUT2D eigenvalue weighted by Gasteiger charge is 2.32. The second kappa shape index (κ2) is 6.62. The normalized spacial score (nSPS) is 27.6. The highest BCUT2D eigenvalue weighted by Crippen LogP contribution is 2.36. The molecule has 0 aromatic heterocycles. The molecule has 0 saturated heterocycles. The molecule has 0 aliphatic heterocycles. The third-order valence-corrected chi connectivity index (χ3v) is 5.07. The van der Waals surface area contributed by atoms with E-state index in [0.717, 1.165) is 17.6 Å². The van der Waals surface area contributed by atoms with Gasteiger partial charge in [0.25, 0.3) is 0 Å². The standard InChI is InChI=1S/C18H29NO/c1-6-15-8-10-17(13(15)3)19-14(4)16-9-7-12(2)11-18(16)20-5/h7,9,11,13-15,17,19H,6,8,10H2,1-5H3. The second-order valence-electron chi connectivity index (χ2n) is 6.35. The van der Waals surface area contributed by atoms with Crippen LogP contribution < -0.4 is 10.1 Å². The van der Waals surface area contributed by atoms with Crippen molar-refractivity contribution < 1.29 is 4.74 Å². The van der Waals surface area contributed by atoms with Crippen LogP contribution in [0.3, 0.4) is 0 Å². The highest BCUT2D eigenvalue weighted by atomic mass is 16.5. The first-order chi connectivity index (χ1) is 9.56. The number of methoxy groups -OCH3 is 1. The van der Waals surface area contributed by atoms with Crippen LogP contribution in [0.5, 0.6) is 5.75 Å². The van der Waals surface area contributed by atoms with Crippen LogP contribution in [-0.4, -0.2) is 13.2 Å². The van der Waals surface area contributed by atoms with Gasteiger partial charge in [0.05, 0.1) is 7.11 Å². The minimum absolute atomic E-state index is 0.341. The molecule has 2 rings (SSSR count). The zero-order valence-electron chi connectivity index (χ0n) is 13.6. The third kappa shape index (κ3) is 3.17. The van der Waals surface area contributed by atoms with Gasteiger partial charge in [0, 0.05) is 17.6 Å². The number of nitrogens with one attached hydrogen (secondary N) is 1. The number of rotatable bonds is 5. The summed E-state index contributed by atoms with van der Waals surface area (Å²) in [5, 5.41) is 3.82. The molecule has 0 amide bonds. The van der Waals surface area contributed by atoms with Crippen molar-refractivity contribution in [1.29, 1.82) is 0 Å². The SMILES string of the molecule is CCC1CCC(NC(C)c2ccc(C)cc2OC)C1C. The van der Waals surface area contributed by atoms with Crippen LogP contribution >= 0.6 is 0 Å². The van der Waals surface area contributed by atoms with Gasteiger partial charge in [-0.2, -0.15) is 0 Å². The van der Waals surface area contributed by atoms with Crippen LogP contribution in [0.1, 0.15) is 57.2 Å². The lowest BCUT2D eigenvalue weighted by atomic mass is 9.93. The van der Waals surface area contributed by atoms with Gasteiger partial charge in [0.1, 0.15) is 5.75 Å². The Morgan fingerprint density at radius 2 is 2.10 bits per heavy atom. The predicted octanol–water partition coefficient (Wildman–Crippen LogP) is 4.48. The molecule has 112 valence electrons. The second-order valence-corrected chi connectivity index (χ2v) is 6.35. The molecule has 0 radical (unpaired) electrons. The number of hydrogen-bond acceptors (Lipinski definition) is 2. The molecular weight excluding hydrogens is 246 g/mol. The van der Waals surface area contributed by atoms with E-state index < -0.39 is 0 Å². The molecule has 1 aliphatic carbocycles. The summed E-state index contributed by atoms with van der Waals surface area (Å²) in [6, 6.07) is 7.47. The monoisotopic (exact) mass is 275 g/mol. The molecule has 1 aliphatic rings. The lowest BCUT2D eigenvalue weighted by molar-refractivity contribution is 0.323. The van der Waals surface area contributed by atoms with Crippen LogP contribution in [-0.2, 0) is 0 Å². The van der Waals surface area contributed by atoms with E-state index in [2.05, 4.69) is 51.2 Å². The maximum atomic E-state index is 5.54. The van der Waals surface area contributed by atoms with Crippen LogP contribution in [0.2, 0.25) is 0 Å². The molecule has 1 aromatic carbocycles. The van der Waals surface area contributed by atoms with Gasteiger partial charge in [-0.3, -0.25) is 0 Å². The maximum Gasteiger partial charge on any atom is 0.123 e. The highest BCUT2D eigenvalue weighted by molar-refractivity contribution is 5.39. The van der Waals surface area contributed by atoms with Gasteiger partial charge in [0.15, 0.2) is 0 Å². The summed E-state index contributed by atoms with van der Waals surface area (Å²) in [6.45, 7) is 9.07. The van der Waals surface area contributed by atoms with Gasteiger partial charge >= 0.3 is 0 Å². The van der Waals surface area contributed by atoms with Crippen molar-refractivity contribution >= 4 is 0 Å². The van der Waals surface area contributed by atoms with E-state index in [1.165, 1.54) is 30.4 Å². The van der Waals surface area contributed by atoms with E-state index in [1.807, 2.05) is 0 Å². The summed E-state index contributed by atoms with van der Waals surface area (Å²) in [4.78, 5) is 0. The van der Waals surface area contributed by atoms with Gasteiger partial charge in [-0.05, 0) is 50.2 Å². The fraction of sp³-hybridized carbons (Fsp3) is 0.667. The van der Waals surface area contributed by atoms with E-state index >= 15 is 0 Å². The molecule has 4 unspecified atom stereocenters. The van der Waals surface area contributed by atoms with Gasteiger partial charge in [0.2, 0.25) is 0 Å². The summed E-state index contributed by atoms with van der Waals surface area (Å²) in [7, 11) is 1.76. The predicted molar refractivity (Wildman–Crippen MR) is 85.2 cm³/mol. The number of benzene rings is 1. The van der Waals surface area contributed by atoms with Crippen LogP contribution in [0.4, 0.5) is 0 Å². The fourth-order valence-corrected chi connectivity index (χ4v) is 3.65. The van der Waals surface area contributed by atoms with Gasteiger partial charge in [-0.25, -0.2) is 0 Å². The summed E-state index contributed by atoms with van der Waals surface area (Å²) < 4.78 is 5.54. The van der Waals surface area contributed by atoms with E-state index in [0.29, 0.717) is 12.1 Å². The summed E-state index contributed by atoms with van der Waals surface area (Å²) in [5.74, 6) is 2.67. The van der Waals surface area contributed by atoms with Crippen molar-refractivity contribution in [1.82, 2.24) is 5.32 Å². The molecule has 0 bridgehead atoms. The van der Waals surface area contributed by atoms with Crippen molar-refractivity contribution in [2.75, 3.05) is 7.11 Å². The fourth-order valence-electron chi connectivity index (χ4n) is 3.65. The Kier molecular flexibility index (Phi) is 5.09. The average molecular weight is 275 g/mol. The minimum Gasteiger partial charge on any atom is -0.496 e. The van der Waals surface area contributed by atoms with Crippen molar-refractivity contribution in [3.8, 4) is 5.75 Å². The molecule has 1 fully saturated rings. The Morgan fingerprint density at radius 3 is 2.70 bits per heavy atom. The number of hydrogen-bond donors (Lipinski definition) is 1. The van der Waals surface area contributed by atoms with Gasteiger partial charge in [-0.1, -0.05) is 32.4 Å². The largest absolute Gasteiger partial charge is 0.496 e. The molecule has 1 aromatic rings. The topological polar surface area (TPSA) is 21.3 Å². The molecule has 1 N–H and O–H groups in total. The quantitative estimate of drug-likeness (QED) is 0.855. The van der Waals surface area contributed by atoms with E-state index in [-0.39, 0.29) is 0 Å². The Labute approximate surface area is 123 Å². The van der Waals surface area contributed by atoms with E-state index in [1.54, 1.807) is 7.11 Å². The molecule has 2 heteroatoms. The Morgan fingerprint density at radius 1 is 1.35 bits per heavy atom. The first-order valence-electron chi connectivity index (χ1n) is 7.97. The van der Waals surface area contributed by atoms with Crippen LogP contribution in [0.25, 0.3) is 0 Å². The molecule has 4 atom stereocenters. The van der Waals surface area contributed by atoms with Crippen molar-refractivity contribution in [2.45, 2.75) is 59.0 Å². The third-order valence-electron chi connectivity index (χ3n) is 5.07. The van der Waals surface area contributed by atoms with Crippen molar-refractivity contribution in [2.24, 2.45) is 11.8 Å². The minimum atomic E-state index is 0.341. The number of ether oxygens (including phenoxy) is 1. The van der Waals surface area contributed by atoms with Crippen LogP contribution in [0, 0.1) is 18.8 Å². The molecular formula is C18H29NO. The van der Waals surface area contributed by atoms with E-state index in [9.17, 15) is 0 Å². The molecule has 2 nitrogen and oxygen atoms in total. The van der Waals surface area contributed by atoms with Gasteiger partial charge < -0.3 is 10.1 Å². The smallest absolute Gasteiger partial charge is 0.123 e. The maximum absolute atomic E-state index is 5.54. The van der Waals surface area contributed by atoms with Gasteiger partial charge in [-0.15, -0.1) is 0 Å². The zero-order chi connectivity index (χ0) is 14.7. The Balaban J connectivity index is 2.07. The summed E-state index contributed by atoms with van der Waals surface area (Å²) >= 11 is 0. The molecule has 0 heterocycles. The number of aryl methyl sites for hydroxylation is 1. The lowest BCUT2D eigenvalue weighted by Gasteiger charge is -2.26. The lowest BCUT2D eigenvalue weighted by Crippen LogP contribution is -2.34. The average Bonchev–Trinajstić information content (AvgIpc) is 2.79. The van der Waals surface area contributed by atoms with Crippen molar-refractivity contribution in [3.05, 3.63) is 29.3 Å². The van der Waals surface area contributed by atoms with Crippen LogP contribution in [0.15, 0.2) is 18.2 Å². The Bertz CT molecular complexity index is 443. The molecule has 0 spiro atoms. The summed E-state index contributed by atoms with van der Waals surface area (Å²) in [6.07, 6.45) is 3.98. The zero-order valence-corrected chi connectivity index (χ0v) is 13.6. The summed E-state index contributed by atoms with van der Waals surface area (Å²) in [5.41, 5.74) is 2.52. The Hall–Kier alpha value is -1.02. The molecule has 1 saturated carbocycles. The first-order valence-corrected chi connectivity index (χ1v) is 7.97. The van der Waals surface area contributed by atoms with E-state index in [4.69, 9.17) is 4.74 Å². The molecule has 20 heavy (non-hydrogen) atoms.